The Hall–Kier alpha value is -3.52. The van der Waals surface area contributed by atoms with Gasteiger partial charge in [-0.3, -0.25) is 4.79 Å². The number of pyridine rings is 1. The molecule has 0 spiro atoms. The van der Waals surface area contributed by atoms with Crippen LogP contribution in [-0.2, 0) is 15.6 Å². The van der Waals surface area contributed by atoms with E-state index in [9.17, 15) is 37.3 Å². The summed E-state index contributed by atoms with van der Waals surface area (Å²) >= 11 is 0. The lowest BCUT2D eigenvalue weighted by molar-refractivity contribution is -0.419. The van der Waals surface area contributed by atoms with Crippen LogP contribution in [0.3, 0.4) is 0 Å². The molecule has 2 heterocycles. The van der Waals surface area contributed by atoms with Crippen LogP contribution in [0.15, 0.2) is 35.5 Å². The molecule has 1 aromatic carbocycles. The maximum Gasteiger partial charge on any atom is 0.453 e. The maximum absolute atomic E-state index is 14.7. The largest absolute Gasteiger partial charge is 0.453 e. The normalized spacial score (nSPS) is 20.0. The minimum Gasteiger partial charge on any atom is -0.415 e. The topological polar surface area (TPSA) is 248 Å². The number of ether oxygens (including phenoxy) is 1. The van der Waals surface area contributed by atoms with E-state index in [0.29, 0.717) is 6.07 Å². The Morgan fingerprint density at radius 1 is 1.19 bits per heavy atom. The minimum absolute atomic E-state index is 0.317. The van der Waals surface area contributed by atoms with Gasteiger partial charge in [0.25, 0.3) is 5.91 Å². The molecule has 15 nitrogen and oxygen atoms in total. The molecule has 0 saturated carbocycles. The number of hydrogen-bond donors (Lipinski definition) is 8. The fraction of sp³-hybridized carbons (Fsp3) is 0.278. The van der Waals surface area contributed by atoms with Crippen molar-refractivity contribution < 1.29 is 57.4 Å². The summed E-state index contributed by atoms with van der Waals surface area (Å²) in [5.41, 5.74) is 1.94. The van der Waals surface area contributed by atoms with E-state index in [1.807, 2.05) is 0 Å². The summed E-state index contributed by atoms with van der Waals surface area (Å²) in [5.74, 6) is -6.71. The van der Waals surface area contributed by atoms with Crippen LogP contribution in [0.25, 0.3) is 0 Å². The van der Waals surface area contributed by atoms with Crippen molar-refractivity contribution in [2.45, 2.75) is 24.7 Å². The van der Waals surface area contributed by atoms with Gasteiger partial charge in [-0.25, -0.2) is 27.2 Å². The van der Waals surface area contributed by atoms with Crippen molar-refractivity contribution in [3.05, 3.63) is 53.4 Å². The van der Waals surface area contributed by atoms with Gasteiger partial charge < -0.3 is 46.4 Å². The van der Waals surface area contributed by atoms with Crippen molar-refractivity contribution in [1.29, 1.82) is 0 Å². The fourth-order valence-electron chi connectivity index (χ4n) is 3.35. The number of guanidine groups is 1. The van der Waals surface area contributed by atoms with Crippen LogP contribution in [0.2, 0.25) is 0 Å². The highest BCUT2D eigenvalue weighted by atomic mass is 32.2. The second kappa shape index (κ2) is 8.85. The van der Waals surface area contributed by atoms with E-state index in [1.165, 1.54) is 0 Å². The Morgan fingerprint density at radius 3 is 2.33 bits per heavy atom. The Labute approximate surface area is 200 Å². The molecule has 0 aliphatic carbocycles. The smallest absolute Gasteiger partial charge is 0.415 e. The molecule has 9 N–H and O–H groups in total. The zero-order valence-electron chi connectivity index (χ0n) is 18.0. The molecule has 36 heavy (non-hydrogen) atoms. The molecule has 3 rings (SSSR count). The molecule has 196 valence electrons. The number of sulfonamides is 1. The van der Waals surface area contributed by atoms with Crippen LogP contribution in [0.4, 0.5) is 14.5 Å². The Bertz CT molecular complexity index is 1330. The second-order valence-electron chi connectivity index (χ2n) is 7.69. The van der Waals surface area contributed by atoms with Gasteiger partial charge >= 0.3 is 12.3 Å². The highest BCUT2D eigenvalue weighted by Crippen LogP contribution is 2.37. The van der Waals surface area contributed by atoms with Crippen LogP contribution < -0.4 is 15.8 Å². The Morgan fingerprint density at radius 2 is 1.83 bits per heavy atom. The van der Waals surface area contributed by atoms with Gasteiger partial charge in [0.15, 0.2) is 11.6 Å². The summed E-state index contributed by atoms with van der Waals surface area (Å²) in [5, 5.41) is 56.3. The molecule has 1 aliphatic rings. The zero-order valence-corrected chi connectivity index (χ0v) is 18.8. The lowest BCUT2D eigenvalue weighted by atomic mass is 9.93. The SMILES string of the molecule is C[C@@]1(c2cc(NC(=O)c3ccc(OC(O)(O)O)cn3)cc(F)c2F)CS(=O)(=O)N(C(O)(O)O)C(N)=N1. The number of benzene rings is 1. The van der Waals surface area contributed by atoms with E-state index in [0.717, 1.165) is 31.3 Å². The van der Waals surface area contributed by atoms with E-state index >= 15 is 0 Å². The van der Waals surface area contributed by atoms with E-state index < -0.39 is 66.9 Å². The van der Waals surface area contributed by atoms with Crippen LogP contribution in [0, 0.1) is 11.6 Å². The molecule has 0 saturated heterocycles. The van der Waals surface area contributed by atoms with Crippen molar-refractivity contribution in [1.82, 2.24) is 9.29 Å². The molecule has 18 heteroatoms. The van der Waals surface area contributed by atoms with E-state index in [2.05, 4.69) is 20.0 Å². The van der Waals surface area contributed by atoms with Gasteiger partial charge in [-0.1, -0.05) is 0 Å². The predicted molar refractivity (Wildman–Crippen MR) is 113 cm³/mol. The second-order valence-corrected chi connectivity index (χ2v) is 9.51. The molecule has 1 atom stereocenters. The summed E-state index contributed by atoms with van der Waals surface area (Å²) in [6, 6.07) is 3.48. The molecule has 0 radical (unpaired) electrons. The number of hydrogen-bond acceptors (Lipinski definition) is 13. The first-order chi connectivity index (χ1) is 16.3. The average Bonchev–Trinajstić information content (AvgIpc) is 2.67. The molecule has 1 aliphatic heterocycles. The molecule has 0 fully saturated rings. The molecule has 2 aromatic rings. The van der Waals surface area contributed by atoms with Crippen LogP contribution >= 0.6 is 0 Å². The number of carbonyl (C=O) groups is 1. The fourth-order valence-corrected chi connectivity index (χ4v) is 5.11. The molecule has 1 amide bonds. The third kappa shape index (κ3) is 5.65. The van der Waals surface area contributed by atoms with Gasteiger partial charge in [-0.05, 0) is 25.1 Å². The third-order valence-corrected chi connectivity index (χ3v) is 6.59. The van der Waals surface area contributed by atoms with Crippen LogP contribution in [0.5, 0.6) is 5.75 Å². The van der Waals surface area contributed by atoms with E-state index in [-0.39, 0.29) is 17.1 Å². The number of nitrogens with zero attached hydrogens (tertiary/aromatic N) is 3. The number of aliphatic hydroxyl groups is 6. The number of nitrogens with two attached hydrogens (primary N) is 1. The molecule has 0 unspecified atom stereocenters. The number of aliphatic imine (C=N–C) groups is 1. The summed E-state index contributed by atoms with van der Waals surface area (Å²) in [6.45, 7) is 1.04. The third-order valence-electron chi connectivity index (χ3n) is 4.67. The van der Waals surface area contributed by atoms with Gasteiger partial charge in [0.05, 0.1) is 11.9 Å². The molecular formula is C18H19F2N5O10S. The minimum atomic E-state index is -4.84. The average molecular weight is 535 g/mol. The van der Waals surface area contributed by atoms with Crippen molar-refractivity contribution in [2.75, 3.05) is 11.1 Å². The first-order valence-electron chi connectivity index (χ1n) is 9.51. The van der Waals surface area contributed by atoms with Gasteiger partial charge in [0.2, 0.25) is 16.0 Å². The summed E-state index contributed by atoms with van der Waals surface area (Å²) in [4.78, 5) is 19.8. The first kappa shape index (κ1) is 27.1. The summed E-state index contributed by atoms with van der Waals surface area (Å²) < 4.78 is 58.0. The highest BCUT2D eigenvalue weighted by Gasteiger charge is 2.50. The Balaban J connectivity index is 1.95. The van der Waals surface area contributed by atoms with Gasteiger partial charge in [0, 0.05) is 17.3 Å². The first-order valence-corrected chi connectivity index (χ1v) is 11.1. The van der Waals surface area contributed by atoms with Crippen molar-refractivity contribution in [3.63, 3.8) is 0 Å². The Kier molecular flexibility index (Phi) is 6.66. The molecule has 0 bridgehead atoms. The molecule has 1 aromatic heterocycles. The van der Waals surface area contributed by atoms with E-state index in [4.69, 9.17) is 21.1 Å². The van der Waals surface area contributed by atoms with Crippen LogP contribution in [-0.4, -0.2) is 78.2 Å². The lowest BCUT2D eigenvalue weighted by Gasteiger charge is -2.38. The van der Waals surface area contributed by atoms with Gasteiger partial charge in [-0.15, -0.1) is 0 Å². The maximum atomic E-state index is 14.7. The van der Waals surface area contributed by atoms with E-state index in [1.54, 1.807) is 0 Å². The van der Waals surface area contributed by atoms with Crippen molar-refractivity contribution in [2.24, 2.45) is 10.7 Å². The number of aromatic nitrogens is 1. The number of halogens is 2. The number of rotatable bonds is 6. The standard InChI is InChI=1S/C18H19F2N5O10S/c1-16(7-36(33,34)25(15(21)24-16)17(27,28)29)10-4-8(5-11(19)13(10)20)23-14(26)12-3-2-9(6-22-12)35-18(30,31)32/h2-6,27-32H,7H2,1H3,(H2,21,24)(H,23,26)/t16-/m0/s1. The zero-order chi connectivity index (χ0) is 27.3. The molecular weight excluding hydrogens is 516 g/mol. The van der Waals surface area contributed by atoms with Gasteiger partial charge in [0.1, 0.15) is 17.0 Å². The number of anilines is 1. The van der Waals surface area contributed by atoms with Crippen molar-refractivity contribution >= 4 is 27.6 Å². The highest BCUT2D eigenvalue weighted by molar-refractivity contribution is 7.89. The van der Waals surface area contributed by atoms with Crippen molar-refractivity contribution in [3.8, 4) is 5.75 Å². The number of nitrogens with one attached hydrogen (secondary N) is 1. The quantitative estimate of drug-likeness (QED) is 0.177. The predicted octanol–water partition coefficient (Wildman–Crippen LogP) is -2.66. The number of amides is 1. The monoisotopic (exact) mass is 535 g/mol. The van der Waals surface area contributed by atoms with Gasteiger partial charge in [-0.2, -0.15) is 4.31 Å². The summed E-state index contributed by atoms with van der Waals surface area (Å²) in [6.07, 6.45) is -6.61. The van der Waals surface area contributed by atoms with Crippen LogP contribution in [0.1, 0.15) is 23.0 Å². The summed E-state index contributed by atoms with van der Waals surface area (Å²) in [7, 11) is -4.84. The lowest BCUT2D eigenvalue weighted by Crippen LogP contribution is -2.62. The number of carbonyl (C=O) groups excluding carboxylic acids is 1.